The first-order valence-electron chi connectivity index (χ1n) is 9.72. The van der Waals surface area contributed by atoms with Crippen molar-refractivity contribution in [2.45, 2.75) is 11.3 Å². The fraction of sp³-hybridized carbons (Fsp3) is 0.0435. The van der Waals surface area contributed by atoms with Gasteiger partial charge in [-0.2, -0.15) is 9.78 Å². The van der Waals surface area contributed by atoms with E-state index >= 15 is 0 Å². The minimum Gasteiger partial charge on any atom is -0.402 e. The minimum atomic E-state index is -0.457. The Bertz CT molecular complexity index is 1400. The number of hydrogen-bond donors (Lipinski definition) is 0. The Balaban J connectivity index is 1.53. The number of esters is 1. The Labute approximate surface area is 205 Å². The molecule has 164 valence electrons. The van der Waals surface area contributed by atoms with Crippen molar-refractivity contribution in [3.8, 4) is 22.8 Å². The van der Waals surface area contributed by atoms with E-state index in [0.29, 0.717) is 36.9 Å². The molecule has 0 bridgehead atoms. The Morgan fingerprint density at radius 3 is 2.36 bits per heavy atom. The van der Waals surface area contributed by atoms with Gasteiger partial charge in [0.25, 0.3) is 0 Å². The van der Waals surface area contributed by atoms with Gasteiger partial charge in [-0.1, -0.05) is 30.3 Å². The number of nitrogens with zero attached hydrogens (tertiary/aromatic N) is 3. The lowest BCUT2D eigenvalue weighted by Crippen LogP contribution is -2.11. The molecule has 0 unspecified atom stereocenters. The van der Waals surface area contributed by atoms with Crippen molar-refractivity contribution < 1.29 is 14.3 Å². The monoisotopic (exact) mass is 509 g/mol. The van der Waals surface area contributed by atoms with Crippen molar-refractivity contribution in [3.05, 3.63) is 86.2 Å². The first-order valence-corrected chi connectivity index (χ1v) is 13.2. The highest BCUT2D eigenvalue weighted by Crippen LogP contribution is 2.38. The molecule has 0 spiro atoms. The summed E-state index contributed by atoms with van der Waals surface area (Å²) in [6, 6.07) is 16.6. The fourth-order valence-electron chi connectivity index (χ4n) is 3.12. The molecule has 6 nitrogen and oxygen atoms in total. The number of thioether (sulfide) groups is 1. The number of para-hydroxylation sites is 1. The second-order valence-electron chi connectivity index (χ2n) is 6.75. The van der Waals surface area contributed by atoms with E-state index in [1.807, 2.05) is 59.5 Å². The van der Waals surface area contributed by atoms with Gasteiger partial charge in [0.2, 0.25) is 11.0 Å². The molecule has 5 rings (SSSR count). The molecule has 0 saturated carbocycles. The number of carbonyl (C=O) groups excluding carboxylic acids is 2. The number of carbonyl (C=O) groups is 2. The first-order chi connectivity index (χ1) is 16.1. The molecule has 0 aliphatic rings. The Morgan fingerprint density at radius 2 is 1.67 bits per heavy atom. The normalized spacial score (nSPS) is 10.9. The molecule has 0 aliphatic heterocycles. The summed E-state index contributed by atoms with van der Waals surface area (Å²) in [7, 11) is 0. The van der Waals surface area contributed by atoms with E-state index in [4.69, 9.17) is 4.74 Å². The summed E-state index contributed by atoms with van der Waals surface area (Å²) >= 11 is 5.17. The summed E-state index contributed by atoms with van der Waals surface area (Å²) in [6.07, 6.45) is 0. The van der Waals surface area contributed by atoms with Crippen LogP contribution < -0.4 is 4.74 Å². The Kier molecular flexibility index (Phi) is 6.23. The van der Waals surface area contributed by atoms with E-state index < -0.39 is 5.97 Å². The summed E-state index contributed by atoms with van der Waals surface area (Å²) < 4.78 is 8.09. The molecule has 0 amide bonds. The van der Waals surface area contributed by atoms with Gasteiger partial charge in [0.15, 0.2) is 4.34 Å². The van der Waals surface area contributed by atoms with E-state index in [1.165, 1.54) is 34.0 Å². The zero-order valence-corrected chi connectivity index (χ0v) is 20.4. The summed E-state index contributed by atoms with van der Waals surface area (Å²) in [5, 5.41) is 10.1. The molecule has 0 aliphatic carbocycles. The maximum absolute atomic E-state index is 12.8. The van der Waals surface area contributed by atoms with E-state index in [2.05, 4.69) is 10.1 Å². The quantitative estimate of drug-likeness (QED) is 0.190. The van der Waals surface area contributed by atoms with Crippen LogP contribution in [0.25, 0.3) is 16.9 Å². The lowest BCUT2D eigenvalue weighted by molar-refractivity contribution is 0.0729. The third-order valence-corrected chi connectivity index (χ3v) is 8.26. The summed E-state index contributed by atoms with van der Waals surface area (Å²) in [6.45, 7) is 1.85. The van der Waals surface area contributed by atoms with Crippen LogP contribution in [0.3, 0.4) is 0 Å². The van der Waals surface area contributed by atoms with Gasteiger partial charge in [0.1, 0.15) is 4.88 Å². The van der Waals surface area contributed by atoms with Crippen LogP contribution in [0.4, 0.5) is 0 Å². The molecule has 10 heteroatoms. The predicted molar refractivity (Wildman–Crippen MR) is 133 cm³/mol. The van der Waals surface area contributed by atoms with Crippen molar-refractivity contribution in [3.63, 3.8) is 0 Å². The largest absolute Gasteiger partial charge is 0.402 e. The predicted octanol–water partition coefficient (Wildman–Crippen LogP) is 6.58. The lowest BCUT2D eigenvalue weighted by atomic mass is 10.2. The van der Waals surface area contributed by atoms with Crippen LogP contribution in [0.15, 0.2) is 75.1 Å². The number of hydrogen-bond acceptors (Lipinski definition) is 9. The number of rotatable bonds is 6. The molecule has 4 aromatic heterocycles. The van der Waals surface area contributed by atoms with Crippen molar-refractivity contribution in [2.24, 2.45) is 0 Å². The van der Waals surface area contributed by atoms with Crippen LogP contribution >= 0.6 is 45.8 Å². The number of thiophene rings is 2. The highest BCUT2D eigenvalue weighted by Gasteiger charge is 2.25. The topological polar surface area (TPSA) is 74.1 Å². The maximum atomic E-state index is 12.8. The van der Waals surface area contributed by atoms with Gasteiger partial charge in [-0.05, 0) is 53.7 Å². The summed E-state index contributed by atoms with van der Waals surface area (Å²) in [5.74, 6) is -0.162. The number of ether oxygens (including phenoxy) is 1. The number of aromatic nitrogens is 3. The third kappa shape index (κ3) is 4.55. The average Bonchev–Trinajstić information content (AvgIpc) is 3.62. The smallest absolute Gasteiger partial charge is 0.355 e. The van der Waals surface area contributed by atoms with Gasteiger partial charge in [0, 0.05) is 5.38 Å². The molecular weight excluding hydrogens is 495 g/mol. The van der Waals surface area contributed by atoms with Crippen molar-refractivity contribution in [1.29, 1.82) is 0 Å². The van der Waals surface area contributed by atoms with E-state index in [9.17, 15) is 9.59 Å². The average molecular weight is 510 g/mol. The number of thiazole rings is 1. The van der Waals surface area contributed by atoms with Crippen LogP contribution in [0, 0.1) is 6.92 Å². The second-order valence-corrected chi connectivity index (χ2v) is 10.7. The molecule has 0 atom stereocenters. The molecule has 0 fully saturated rings. The van der Waals surface area contributed by atoms with E-state index in [0.717, 1.165) is 17.4 Å². The molecule has 0 radical (unpaired) electrons. The zero-order valence-electron chi connectivity index (χ0n) is 17.1. The number of benzene rings is 1. The summed E-state index contributed by atoms with van der Waals surface area (Å²) in [5.41, 5.74) is 2.66. The Morgan fingerprint density at radius 1 is 0.939 bits per heavy atom. The Hall–Kier alpha value is -3.05. The second kappa shape index (κ2) is 9.44. The lowest BCUT2D eigenvalue weighted by Gasteiger charge is -2.09. The standard InChI is InChI=1S/C23H15N3O3S4/c1-14-19(16-13-32-23(24-16)33-22(28)18-10-6-12-31-18)20(29-21(27)17-9-5-11-30-17)26(25-14)15-7-3-2-4-8-15/h2-13H,1H3. The van der Waals surface area contributed by atoms with Gasteiger partial charge in [0.05, 0.1) is 27.5 Å². The summed E-state index contributed by atoms with van der Waals surface area (Å²) in [4.78, 5) is 31.1. The molecule has 0 N–H and O–H groups in total. The van der Waals surface area contributed by atoms with Gasteiger partial charge in [-0.15, -0.1) is 34.0 Å². The molecule has 5 aromatic rings. The maximum Gasteiger partial charge on any atom is 0.355 e. The van der Waals surface area contributed by atoms with Crippen LogP contribution in [0.1, 0.15) is 25.0 Å². The molecule has 33 heavy (non-hydrogen) atoms. The SMILES string of the molecule is Cc1nn(-c2ccccc2)c(OC(=O)c2cccs2)c1-c1csc(SC(=O)c2cccs2)n1. The zero-order chi connectivity index (χ0) is 22.8. The van der Waals surface area contributed by atoms with Gasteiger partial charge in [-0.25, -0.2) is 9.78 Å². The minimum absolute atomic E-state index is 0.0491. The van der Waals surface area contributed by atoms with Crippen LogP contribution in [-0.4, -0.2) is 25.8 Å². The van der Waals surface area contributed by atoms with Crippen molar-refractivity contribution in [2.75, 3.05) is 0 Å². The van der Waals surface area contributed by atoms with E-state index in [-0.39, 0.29) is 5.12 Å². The van der Waals surface area contributed by atoms with Gasteiger partial charge >= 0.3 is 5.97 Å². The van der Waals surface area contributed by atoms with Crippen LogP contribution in [0.2, 0.25) is 0 Å². The molecule has 0 saturated heterocycles. The fourth-order valence-corrected chi connectivity index (χ4v) is 6.11. The van der Waals surface area contributed by atoms with Crippen molar-refractivity contribution >= 4 is 56.9 Å². The van der Waals surface area contributed by atoms with Gasteiger partial charge < -0.3 is 4.74 Å². The molecule has 1 aromatic carbocycles. The van der Waals surface area contributed by atoms with Crippen LogP contribution in [0.5, 0.6) is 5.88 Å². The van der Waals surface area contributed by atoms with Crippen LogP contribution in [-0.2, 0) is 0 Å². The number of aryl methyl sites for hydroxylation is 1. The first kappa shape index (κ1) is 21.8. The van der Waals surface area contributed by atoms with Crippen molar-refractivity contribution in [1.82, 2.24) is 14.8 Å². The van der Waals surface area contributed by atoms with Gasteiger partial charge in [-0.3, -0.25) is 4.79 Å². The highest BCUT2D eigenvalue weighted by atomic mass is 32.2. The molecular formula is C23H15N3O3S4. The highest BCUT2D eigenvalue weighted by molar-refractivity contribution is 8.15. The third-order valence-electron chi connectivity index (χ3n) is 4.57. The molecule has 4 heterocycles. The van der Waals surface area contributed by atoms with E-state index in [1.54, 1.807) is 22.9 Å².